The van der Waals surface area contributed by atoms with E-state index in [-0.39, 0.29) is 0 Å². The lowest BCUT2D eigenvalue weighted by atomic mass is 10.3. The van der Waals surface area contributed by atoms with Crippen molar-refractivity contribution in [1.82, 2.24) is 4.98 Å². The molecule has 1 aromatic heterocycles. The average molecular weight is 207 g/mol. The minimum Gasteiger partial charge on any atom is -0.374 e. The molecule has 0 aliphatic rings. The minimum absolute atomic E-state index is 0.391. The summed E-state index contributed by atoms with van der Waals surface area (Å²) in [5.74, 6) is 0. The highest BCUT2D eigenvalue weighted by Crippen LogP contribution is 2.20. The lowest BCUT2D eigenvalue weighted by Crippen LogP contribution is -2.23. The molecule has 0 saturated heterocycles. The number of alkyl halides is 2. The molecule has 1 N–H and O–H groups in total. The van der Waals surface area contributed by atoms with Gasteiger partial charge in [-0.3, -0.25) is 4.98 Å². The van der Waals surface area contributed by atoms with E-state index in [1.807, 2.05) is 0 Å². The molecule has 0 radical (unpaired) electrons. The van der Waals surface area contributed by atoms with Gasteiger partial charge in [0.05, 0.1) is 22.9 Å². The number of hydrogen-bond donors (Lipinski definition) is 1. The Hall–Kier alpha value is -0.900. The molecule has 0 fully saturated rings. The lowest BCUT2D eigenvalue weighted by molar-refractivity contribution is 0.130. The van der Waals surface area contributed by atoms with E-state index in [9.17, 15) is 8.78 Å². The van der Waals surface area contributed by atoms with Crippen molar-refractivity contribution < 1.29 is 8.78 Å². The van der Waals surface area contributed by atoms with E-state index in [1.165, 1.54) is 19.3 Å². The van der Waals surface area contributed by atoms with Gasteiger partial charge in [0.2, 0.25) is 0 Å². The molecule has 0 aromatic carbocycles. The van der Waals surface area contributed by atoms with Gasteiger partial charge in [-0.25, -0.2) is 8.78 Å². The van der Waals surface area contributed by atoms with E-state index >= 15 is 0 Å². The van der Waals surface area contributed by atoms with Gasteiger partial charge in [-0.1, -0.05) is 11.6 Å². The second kappa shape index (κ2) is 4.37. The summed E-state index contributed by atoms with van der Waals surface area (Å²) in [4.78, 5) is 3.77. The summed E-state index contributed by atoms with van der Waals surface area (Å²) in [7, 11) is 0. The van der Waals surface area contributed by atoms with Crippen molar-refractivity contribution >= 4 is 17.3 Å². The highest BCUT2D eigenvalue weighted by atomic mass is 35.5. The predicted molar refractivity (Wildman–Crippen MR) is 48.3 cm³/mol. The third-order valence-electron chi connectivity index (χ3n) is 1.53. The van der Waals surface area contributed by atoms with Gasteiger partial charge in [-0.2, -0.15) is 0 Å². The molecular formula is C8H9ClF2N2. The van der Waals surface area contributed by atoms with Crippen LogP contribution in [-0.4, -0.2) is 17.5 Å². The fourth-order valence-corrected chi connectivity index (χ4v) is 0.952. The molecule has 1 heterocycles. The largest absolute Gasteiger partial charge is 0.374 e. The molecule has 13 heavy (non-hydrogen) atoms. The van der Waals surface area contributed by atoms with E-state index in [2.05, 4.69) is 10.3 Å². The summed E-state index contributed by atoms with van der Waals surface area (Å²) in [6.07, 6.45) is 0.498. The molecule has 1 unspecified atom stereocenters. The summed E-state index contributed by atoms with van der Waals surface area (Å²) in [5.41, 5.74) is 0.428. The van der Waals surface area contributed by atoms with Crippen LogP contribution in [0.15, 0.2) is 18.5 Å². The zero-order valence-electron chi connectivity index (χ0n) is 6.97. The Labute approximate surface area is 79.9 Å². The molecule has 1 atom stereocenters. The Bertz CT molecular complexity index is 281. The SMILES string of the molecule is CC(Nc1cnccc1Cl)C(F)F. The minimum atomic E-state index is -2.42. The van der Waals surface area contributed by atoms with Crippen molar-refractivity contribution in [2.45, 2.75) is 19.4 Å². The molecule has 2 nitrogen and oxygen atoms in total. The molecule has 5 heteroatoms. The summed E-state index contributed by atoms with van der Waals surface area (Å²) in [6.45, 7) is 1.38. The molecule has 0 bridgehead atoms. The summed E-state index contributed by atoms with van der Waals surface area (Å²) < 4.78 is 24.2. The second-order valence-corrected chi connectivity index (χ2v) is 3.03. The van der Waals surface area contributed by atoms with Gasteiger partial charge in [0, 0.05) is 6.20 Å². The normalized spacial score (nSPS) is 13.0. The quantitative estimate of drug-likeness (QED) is 0.823. The first kappa shape index (κ1) is 10.2. The number of nitrogens with one attached hydrogen (secondary N) is 1. The maximum Gasteiger partial charge on any atom is 0.258 e. The smallest absolute Gasteiger partial charge is 0.258 e. The van der Waals surface area contributed by atoms with E-state index in [4.69, 9.17) is 11.6 Å². The first-order valence-corrected chi connectivity index (χ1v) is 4.13. The molecule has 0 saturated carbocycles. The maximum atomic E-state index is 12.1. The van der Waals surface area contributed by atoms with E-state index < -0.39 is 12.5 Å². The van der Waals surface area contributed by atoms with Crippen molar-refractivity contribution in [3.8, 4) is 0 Å². The number of nitrogens with zero attached hydrogens (tertiary/aromatic N) is 1. The first-order valence-electron chi connectivity index (χ1n) is 3.75. The van der Waals surface area contributed by atoms with Crippen molar-refractivity contribution in [3.63, 3.8) is 0 Å². The highest BCUT2D eigenvalue weighted by Gasteiger charge is 2.14. The van der Waals surface area contributed by atoms with Crippen molar-refractivity contribution in [2.75, 3.05) is 5.32 Å². The van der Waals surface area contributed by atoms with Crippen LogP contribution in [0.1, 0.15) is 6.92 Å². The van der Waals surface area contributed by atoms with Gasteiger partial charge >= 0.3 is 0 Å². The van der Waals surface area contributed by atoms with Crippen molar-refractivity contribution in [2.24, 2.45) is 0 Å². The van der Waals surface area contributed by atoms with Crippen LogP contribution in [0.4, 0.5) is 14.5 Å². The summed E-state index contributed by atoms with van der Waals surface area (Å²) in [5, 5.41) is 2.96. The summed E-state index contributed by atoms with van der Waals surface area (Å²) >= 11 is 5.73. The van der Waals surface area contributed by atoms with Crippen molar-refractivity contribution in [1.29, 1.82) is 0 Å². The van der Waals surface area contributed by atoms with Crippen LogP contribution >= 0.6 is 11.6 Å². The number of pyridine rings is 1. The Morgan fingerprint density at radius 1 is 1.54 bits per heavy atom. The zero-order valence-corrected chi connectivity index (χ0v) is 7.72. The Balaban J connectivity index is 2.69. The molecule has 0 aliphatic heterocycles. The standard InChI is InChI=1S/C8H9ClF2N2/c1-5(8(10)11)13-7-4-12-3-2-6(7)9/h2-5,8,13H,1H3. The zero-order chi connectivity index (χ0) is 9.84. The number of rotatable bonds is 3. The number of halogens is 3. The van der Waals surface area contributed by atoms with Crippen LogP contribution in [0.25, 0.3) is 0 Å². The van der Waals surface area contributed by atoms with Crippen LogP contribution < -0.4 is 5.32 Å². The van der Waals surface area contributed by atoms with Gasteiger partial charge in [0.1, 0.15) is 0 Å². The predicted octanol–water partition coefficient (Wildman–Crippen LogP) is 2.80. The second-order valence-electron chi connectivity index (χ2n) is 2.62. The Morgan fingerprint density at radius 3 is 2.77 bits per heavy atom. The fraction of sp³-hybridized carbons (Fsp3) is 0.375. The van der Waals surface area contributed by atoms with Crippen LogP contribution in [0, 0.1) is 0 Å². The molecular weight excluding hydrogens is 198 g/mol. The molecule has 0 aliphatic carbocycles. The number of hydrogen-bond acceptors (Lipinski definition) is 2. The maximum absolute atomic E-state index is 12.1. The van der Waals surface area contributed by atoms with Crippen molar-refractivity contribution in [3.05, 3.63) is 23.5 Å². The third kappa shape index (κ3) is 2.81. The monoisotopic (exact) mass is 206 g/mol. The van der Waals surface area contributed by atoms with E-state index in [1.54, 1.807) is 6.07 Å². The van der Waals surface area contributed by atoms with Gasteiger partial charge in [-0.05, 0) is 13.0 Å². The van der Waals surface area contributed by atoms with Gasteiger partial charge in [-0.15, -0.1) is 0 Å². The fourth-order valence-electron chi connectivity index (χ4n) is 0.792. The Kier molecular flexibility index (Phi) is 3.42. The van der Waals surface area contributed by atoms with Gasteiger partial charge in [0.25, 0.3) is 6.43 Å². The number of aromatic nitrogens is 1. The lowest BCUT2D eigenvalue weighted by Gasteiger charge is -2.14. The van der Waals surface area contributed by atoms with E-state index in [0.717, 1.165) is 0 Å². The topological polar surface area (TPSA) is 24.9 Å². The highest BCUT2D eigenvalue weighted by molar-refractivity contribution is 6.33. The van der Waals surface area contributed by atoms with Gasteiger partial charge in [0.15, 0.2) is 0 Å². The van der Waals surface area contributed by atoms with Crippen LogP contribution in [0.3, 0.4) is 0 Å². The van der Waals surface area contributed by atoms with Crippen LogP contribution in [-0.2, 0) is 0 Å². The van der Waals surface area contributed by atoms with Gasteiger partial charge < -0.3 is 5.32 Å². The van der Waals surface area contributed by atoms with Crippen LogP contribution in [0.2, 0.25) is 5.02 Å². The number of anilines is 1. The molecule has 72 valence electrons. The Morgan fingerprint density at radius 2 is 2.23 bits per heavy atom. The summed E-state index contributed by atoms with van der Waals surface area (Å²) in [6, 6.07) is 0.615. The average Bonchev–Trinajstić information content (AvgIpc) is 2.08. The molecule has 1 aromatic rings. The van der Waals surface area contributed by atoms with E-state index in [0.29, 0.717) is 10.7 Å². The first-order chi connectivity index (χ1) is 6.11. The molecule has 0 spiro atoms. The van der Waals surface area contributed by atoms with Crippen LogP contribution in [0.5, 0.6) is 0 Å². The third-order valence-corrected chi connectivity index (χ3v) is 1.86. The molecule has 0 amide bonds. The molecule has 1 rings (SSSR count).